The van der Waals surface area contributed by atoms with E-state index in [0.29, 0.717) is 30.9 Å². The van der Waals surface area contributed by atoms with Crippen molar-refractivity contribution in [3.8, 4) is 5.75 Å². The average Bonchev–Trinajstić information content (AvgIpc) is 2.63. The second-order valence-corrected chi connectivity index (χ2v) is 6.14. The molecule has 1 saturated heterocycles. The molecule has 1 fully saturated rings. The van der Waals surface area contributed by atoms with Crippen molar-refractivity contribution in [3.05, 3.63) is 29.6 Å². The second kappa shape index (κ2) is 9.49. The van der Waals surface area contributed by atoms with Crippen LogP contribution in [0.1, 0.15) is 18.9 Å². The molecule has 8 heteroatoms. The summed E-state index contributed by atoms with van der Waals surface area (Å²) in [5, 5.41) is 11.8. The van der Waals surface area contributed by atoms with E-state index in [9.17, 15) is 14.0 Å². The Hall–Kier alpha value is -2.19. The highest BCUT2D eigenvalue weighted by molar-refractivity contribution is 5.88. The fourth-order valence-corrected chi connectivity index (χ4v) is 3.05. The van der Waals surface area contributed by atoms with E-state index in [1.54, 1.807) is 12.1 Å². The molecule has 1 aromatic carbocycles. The minimum Gasteiger partial charge on any atom is -0.497 e. The zero-order chi connectivity index (χ0) is 19.1. The number of hydrogen-bond donors (Lipinski definition) is 2. The third kappa shape index (κ3) is 4.92. The number of rotatable bonds is 8. The Morgan fingerprint density at radius 1 is 1.50 bits per heavy atom. The van der Waals surface area contributed by atoms with E-state index in [-0.39, 0.29) is 37.9 Å². The quantitative estimate of drug-likeness (QED) is 0.694. The Balaban J connectivity index is 2.12. The van der Waals surface area contributed by atoms with E-state index in [1.165, 1.54) is 18.1 Å². The Kier molecular flexibility index (Phi) is 7.35. The van der Waals surface area contributed by atoms with Crippen molar-refractivity contribution in [3.63, 3.8) is 0 Å². The van der Waals surface area contributed by atoms with Gasteiger partial charge in [-0.3, -0.25) is 14.5 Å². The summed E-state index contributed by atoms with van der Waals surface area (Å²) in [6.07, 6.45) is -0.00253. The maximum atomic E-state index is 14.3. The number of likely N-dealkylation sites (N-methyl/N-ethyl adjacent to an activating group) is 1. The molecule has 1 aliphatic heterocycles. The van der Waals surface area contributed by atoms with Crippen molar-refractivity contribution in [1.29, 1.82) is 0 Å². The van der Waals surface area contributed by atoms with Crippen molar-refractivity contribution in [1.82, 2.24) is 15.1 Å². The fraction of sp³-hybridized carbons (Fsp3) is 0.556. The maximum Gasteiger partial charge on any atom is 0.237 e. The van der Waals surface area contributed by atoms with Crippen molar-refractivity contribution >= 4 is 11.8 Å². The summed E-state index contributed by atoms with van der Waals surface area (Å²) in [7, 11) is 1.47. The number of methoxy groups -OCH3 is 1. The van der Waals surface area contributed by atoms with Gasteiger partial charge in [0.05, 0.1) is 26.2 Å². The molecule has 2 rings (SSSR count). The van der Waals surface area contributed by atoms with Crippen LogP contribution in [0.4, 0.5) is 4.39 Å². The van der Waals surface area contributed by atoms with Crippen LogP contribution in [0, 0.1) is 5.82 Å². The number of aliphatic hydroxyl groups is 1. The third-order valence-electron chi connectivity index (χ3n) is 4.55. The lowest BCUT2D eigenvalue weighted by atomic mass is 10.1. The van der Waals surface area contributed by atoms with Crippen LogP contribution in [0.2, 0.25) is 0 Å². The van der Waals surface area contributed by atoms with Crippen LogP contribution >= 0.6 is 0 Å². The lowest BCUT2D eigenvalue weighted by molar-refractivity contribution is -0.139. The van der Waals surface area contributed by atoms with Crippen molar-refractivity contribution in [2.75, 3.05) is 39.9 Å². The molecule has 144 valence electrons. The molecular weight excluding hydrogens is 341 g/mol. The van der Waals surface area contributed by atoms with Crippen molar-refractivity contribution < 1.29 is 23.8 Å². The Morgan fingerprint density at radius 2 is 2.27 bits per heavy atom. The van der Waals surface area contributed by atoms with Crippen LogP contribution in [0.5, 0.6) is 5.75 Å². The predicted octanol–water partition coefficient (Wildman–Crippen LogP) is 0.366. The molecule has 1 aliphatic rings. The normalized spacial score (nSPS) is 17.7. The van der Waals surface area contributed by atoms with Gasteiger partial charge in [-0.2, -0.15) is 0 Å². The van der Waals surface area contributed by atoms with E-state index in [4.69, 9.17) is 9.84 Å². The highest BCUT2D eigenvalue weighted by Crippen LogP contribution is 2.20. The number of hydrogen-bond acceptors (Lipinski definition) is 5. The number of carbonyl (C=O) groups is 2. The summed E-state index contributed by atoms with van der Waals surface area (Å²) in [6.45, 7) is 3.60. The summed E-state index contributed by atoms with van der Waals surface area (Å²) >= 11 is 0. The van der Waals surface area contributed by atoms with Gasteiger partial charge in [-0.05, 0) is 13.0 Å². The van der Waals surface area contributed by atoms with Crippen LogP contribution in [0.25, 0.3) is 0 Å². The van der Waals surface area contributed by atoms with Crippen LogP contribution in [-0.2, 0) is 16.1 Å². The van der Waals surface area contributed by atoms with E-state index < -0.39 is 11.9 Å². The predicted molar refractivity (Wildman–Crippen MR) is 94.1 cm³/mol. The topological polar surface area (TPSA) is 82.1 Å². The number of aliphatic hydroxyl groups excluding tert-OH is 1. The summed E-state index contributed by atoms with van der Waals surface area (Å²) in [5.74, 6) is -0.421. The largest absolute Gasteiger partial charge is 0.497 e. The van der Waals surface area contributed by atoms with Crippen LogP contribution in [0.15, 0.2) is 18.2 Å². The number of piperazine rings is 1. The first kappa shape index (κ1) is 20.1. The molecule has 1 aromatic rings. The van der Waals surface area contributed by atoms with Gasteiger partial charge in [-0.15, -0.1) is 0 Å². The van der Waals surface area contributed by atoms with Gasteiger partial charge in [0.25, 0.3) is 0 Å². The van der Waals surface area contributed by atoms with Crippen molar-refractivity contribution in [2.45, 2.75) is 25.9 Å². The smallest absolute Gasteiger partial charge is 0.237 e. The number of benzene rings is 1. The van der Waals surface area contributed by atoms with Gasteiger partial charge < -0.3 is 20.1 Å². The summed E-state index contributed by atoms with van der Waals surface area (Å²) < 4.78 is 19.3. The third-order valence-corrected chi connectivity index (χ3v) is 4.55. The van der Waals surface area contributed by atoms with Gasteiger partial charge in [-0.25, -0.2) is 4.39 Å². The van der Waals surface area contributed by atoms with Gasteiger partial charge in [0, 0.05) is 44.4 Å². The van der Waals surface area contributed by atoms with E-state index in [0.717, 1.165) is 0 Å². The second-order valence-electron chi connectivity index (χ2n) is 6.14. The highest BCUT2D eigenvalue weighted by Gasteiger charge is 2.33. The van der Waals surface area contributed by atoms with Crippen LogP contribution in [0.3, 0.4) is 0 Å². The molecule has 0 aliphatic carbocycles. The lowest BCUT2D eigenvalue weighted by Crippen LogP contribution is -2.56. The zero-order valence-electron chi connectivity index (χ0n) is 15.2. The number of nitrogens with one attached hydrogen (secondary N) is 1. The molecule has 0 radical (unpaired) electrons. The van der Waals surface area contributed by atoms with Crippen LogP contribution in [-0.4, -0.2) is 72.7 Å². The molecule has 0 saturated carbocycles. The molecule has 1 atom stereocenters. The lowest BCUT2D eigenvalue weighted by Gasteiger charge is -2.35. The Labute approximate surface area is 152 Å². The number of ether oxygens (including phenoxy) is 1. The monoisotopic (exact) mass is 367 g/mol. The zero-order valence-corrected chi connectivity index (χ0v) is 15.2. The summed E-state index contributed by atoms with van der Waals surface area (Å²) in [5.41, 5.74) is 0.445. The minimum absolute atomic E-state index is 0.00253. The first-order chi connectivity index (χ1) is 12.5. The maximum absolute atomic E-state index is 14.3. The van der Waals surface area contributed by atoms with Crippen molar-refractivity contribution in [2.24, 2.45) is 0 Å². The van der Waals surface area contributed by atoms with Gasteiger partial charge in [0.2, 0.25) is 11.8 Å². The average molecular weight is 367 g/mol. The molecule has 0 aromatic heterocycles. The van der Waals surface area contributed by atoms with Gasteiger partial charge >= 0.3 is 0 Å². The Morgan fingerprint density at radius 3 is 2.88 bits per heavy atom. The molecule has 1 unspecified atom stereocenters. The van der Waals surface area contributed by atoms with Gasteiger partial charge in [-0.1, -0.05) is 6.07 Å². The fourth-order valence-electron chi connectivity index (χ4n) is 3.05. The van der Waals surface area contributed by atoms with E-state index >= 15 is 0 Å². The number of nitrogens with zero attached hydrogens (tertiary/aromatic N) is 2. The number of carbonyl (C=O) groups excluding carboxylic acids is 2. The standard InChI is InChI=1S/C18H26FN3O4/c1-3-21(8-9-23)17(24)11-16-18(25)20-6-7-22(16)12-13-4-5-14(26-2)10-15(13)19/h4-5,10,16,23H,3,6-9,11-12H2,1-2H3,(H,20,25). The molecule has 2 amide bonds. The first-order valence-electron chi connectivity index (χ1n) is 8.73. The first-order valence-corrected chi connectivity index (χ1v) is 8.73. The molecule has 2 N–H and O–H groups in total. The number of amides is 2. The molecule has 7 nitrogen and oxygen atoms in total. The SMILES string of the molecule is CCN(CCO)C(=O)CC1C(=O)NCCN1Cc1ccc(OC)cc1F. The van der Waals surface area contributed by atoms with Crippen LogP contribution < -0.4 is 10.1 Å². The molecule has 0 bridgehead atoms. The van der Waals surface area contributed by atoms with Gasteiger partial charge in [0.15, 0.2) is 0 Å². The molecule has 0 spiro atoms. The highest BCUT2D eigenvalue weighted by atomic mass is 19.1. The minimum atomic E-state index is -0.662. The Bertz CT molecular complexity index is 641. The number of halogens is 1. The molecule has 26 heavy (non-hydrogen) atoms. The van der Waals surface area contributed by atoms with E-state index in [2.05, 4.69) is 5.32 Å². The summed E-state index contributed by atoms with van der Waals surface area (Å²) in [6, 6.07) is 3.94. The van der Waals surface area contributed by atoms with Gasteiger partial charge in [0.1, 0.15) is 11.6 Å². The molecule has 1 heterocycles. The summed E-state index contributed by atoms with van der Waals surface area (Å²) in [4.78, 5) is 28.1. The van der Waals surface area contributed by atoms with E-state index in [1.807, 2.05) is 11.8 Å². The molecular formula is C18H26FN3O4.